The van der Waals surface area contributed by atoms with Crippen molar-refractivity contribution in [2.24, 2.45) is 0 Å². The first-order valence-electron chi connectivity index (χ1n) is 6.29. The van der Waals surface area contributed by atoms with Crippen LogP contribution in [0.5, 0.6) is 5.75 Å². The quantitative estimate of drug-likeness (QED) is 0.776. The van der Waals surface area contributed by atoms with Crippen molar-refractivity contribution < 1.29 is 9.53 Å². The fourth-order valence-corrected chi connectivity index (χ4v) is 1.95. The summed E-state index contributed by atoms with van der Waals surface area (Å²) in [5.74, 6) is 0.697. The Hall–Kier alpha value is -0.820. The monoisotopic (exact) mass is 376 g/mol. The maximum atomic E-state index is 12.0. The topological polar surface area (TPSA) is 41.6 Å². The summed E-state index contributed by atoms with van der Waals surface area (Å²) in [5.41, 5.74) is 0.634. The smallest absolute Gasteiger partial charge is 0.251 e. The van der Waals surface area contributed by atoms with Crippen LogP contribution in [0.25, 0.3) is 0 Å². The van der Waals surface area contributed by atoms with Gasteiger partial charge in [-0.2, -0.15) is 0 Å². The molecular weight excluding hydrogens is 355 g/mol. The predicted octanol–water partition coefficient (Wildman–Crippen LogP) is 2.37. The SMILES string of the molecule is CC(C)Oc1cc(C(=O)NCCN(C)C)ccc1I. The van der Waals surface area contributed by atoms with E-state index in [2.05, 4.69) is 27.9 Å². The summed E-state index contributed by atoms with van der Waals surface area (Å²) >= 11 is 2.21. The van der Waals surface area contributed by atoms with Gasteiger partial charge in [-0.25, -0.2) is 0 Å². The molecule has 0 spiro atoms. The molecule has 1 aromatic rings. The molecule has 0 aliphatic heterocycles. The van der Waals surface area contributed by atoms with Crippen LogP contribution in [0.4, 0.5) is 0 Å². The highest BCUT2D eigenvalue weighted by Crippen LogP contribution is 2.23. The number of hydrogen-bond donors (Lipinski definition) is 1. The lowest BCUT2D eigenvalue weighted by Crippen LogP contribution is -2.31. The molecule has 1 aromatic carbocycles. The molecule has 1 N–H and O–H groups in total. The van der Waals surface area contributed by atoms with Crippen LogP contribution in [0, 0.1) is 3.57 Å². The Bertz CT molecular complexity index is 433. The van der Waals surface area contributed by atoms with Crippen LogP contribution in [0.15, 0.2) is 18.2 Å². The second-order valence-corrected chi connectivity index (χ2v) is 6.03. The van der Waals surface area contributed by atoms with E-state index in [1.807, 2.05) is 45.0 Å². The Kier molecular flexibility index (Phi) is 6.57. The van der Waals surface area contributed by atoms with E-state index < -0.39 is 0 Å². The number of hydrogen-bond acceptors (Lipinski definition) is 3. The van der Waals surface area contributed by atoms with E-state index in [9.17, 15) is 4.79 Å². The lowest BCUT2D eigenvalue weighted by atomic mass is 10.2. The highest BCUT2D eigenvalue weighted by molar-refractivity contribution is 14.1. The average Bonchev–Trinajstić information content (AvgIpc) is 2.30. The van der Waals surface area contributed by atoms with E-state index in [1.165, 1.54) is 0 Å². The molecule has 0 fully saturated rings. The van der Waals surface area contributed by atoms with E-state index in [4.69, 9.17) is 4.74 Å². The Balaban J connectivity index is 2.69. The standard InChI is InChI=1S/C14H21IN2O2/c1-10(2)19-13-9-11(5-6-12(13)15)14(18)16-7-8-17(3)4/h5-6,9-10H,7-8H2,1-4H3,(H,16,18). The van der Waals surface area contributed by atoms with Gasteiger partial charge in [0.15, 0.2) is 0 Å². The van der Waals surface area contributed by atoms with E-state index in [0.29, 0.717) is 12.1 Å². The van der Waals surface area contributed by atoms with Crippen LogP contribution in [0.1, 0.15) is 24.2 Å². The second kappa shape index (κ2) is 7.69. The first-order chi connectivity index (χ1) is 8.90. The van der Waals surface area contributed by atoms with Crippen molar-refractivity contribution in [2.45, 2.75) is 20.0 Å². The van der Waals surface area contributed by atoms with Crippen molar-refractivity contribution in [2.75, 3.05) is 27.2 Å². The van der Waals surface area contributed by atoms with Gasteiger partial charge >= 0.3 is 0 Å². The van der Waals surface area contributed by atoms with Crippen molar-refractivity contribution in [1.29, 1.82) is 0 Å². The third-order valence-corrected chi connectivity index (χ3v) is 3.29. The molecule has 0 heterocycles. The first-order valence-corrected chi connectivity index (χ1v) is 7.37. The van der Waals surface area contributed by atoms with Gasteiger partial charge in [-0.15, -0.1) is 0 Å². The minimum absolute atomic E-state index is 0.0631. The molecule has 4 nitrogen and oxygen atoms in total. The lowest BCUT2D eigenvalue weighted by molar-refractivity contribution is 0.0950. The maximum absolute atomic E-state index is 12.0. The summed E-state index contributed by atoms with van der Waals surface area (Å²) in [7, 11) is 3.96. The van der Waals surface area contributed by atoms with E-state index in [1.54, 1.807) is 6.07 Å². The van der Waals surface area contributed by atoms with Gasteiger partial charge in [0.1, 0.15) is 5.75 Å². The van der Waals surface area contributed by atoms with Gasteiger partial charge < -0.3 is 15.0 Å². The molecule has 0 saturated heterocycles. The van der Waals surface area contributed by atoms with Crippen LogP contribution >= 0.6 is 22.6 Å². The number of benzene rings is 1. The number of halogens is 1. The molecule has 0 aromatic heterocycles. The number of nitrogens with one attached hydrogen (secondary N) is 1. The molecule has 106 valence electrons. The third-order valence-electron chi connectivity index (χ3n) is 2.40. The summed E-state index contributed by atoms with van der Waals surface area (Å²) in [4.78, 5) is 14.0. The Morgan fingerprint density at radius 3 is 2.68 bits per heavy atom. The largest absolute Gasteiger partial charge is 0.490 e. The van der Waals surface area contributed by atoms with Gasteiger partial charge in [-0.05, 0) is 68.7 Å². The first kappa shape index (κ1) is 16.2. The number of ether oxygens (including phenoxy) is 1. The highest BCUT2D eigenvalue weighted by Gasteiger charge is 2.10. The van der Waals surface area contributed by atoms with Crippen molar-refractivity contribution in [3.63, 3.8) is 0 Å². The summed E-state index contributed by atoms with van der Waals surface area (Å²) < 4.78 is 6.69. The zero-order chi connectivity index (χ0) is 14.4. The van der Waals surface area contributed by atoms with Gasteiger partial charge in [0.25, 0.3) is 5.91 Å². The van der Waals surface area contributed by atoms with Crippen molar-refractivity contribution in [3.8, 4) is 5.75 Å². The summed E-state index contributed by atoms with van der Waals surface area (Å²) in [6.45, 7) is 5.41. The van der Waals surface area contributed by atoms with Gasteiger partial charge in [0.2, 0.25) is 0 Å². The van der Waals surface area contributed by atoms with Gasteiger partial charge in [-0.1, -0.05) is 0 Å². The fourth-order valence-electron chi connectivity index (χ4n) is 1.48. The number of carbonyl (C=O) groups excluding carboxylic acids is 1. The van der Waals surface area contributed by atoms with Gasteiger partial charge in [0, 0.05) is 18.7 Å². The van der Waals surface area contributed by atoms with E-state index in [0.717, 1.165) is 15.9 Å². The zero-order valence-electron chi connectivity index (χ0n) is 11.9. The minimum Gasteiger partial charge on any atom is -0.490 e. The van der Waals surface area contributed by atoms with Crippen LogP contribution in [-0.4, -0.2) is 44.1 Å². The van der Waals surface area contributed by atoms with Crippen LogP contribution in [-0.2, 0) is 0 Å². The predicted molar refractivity (Wildman–Crippen MR) is 85.8 cm³/mol. The molecule has 0 bridgehead atoms. The van der Waals surface area contributed by atoms with Crippen LogP contribution in [0.2, 0.25) is 0 Å². The lowest BCUT2D eigenvalue weighted by Gasteiger charge is -2.14. The van der Waals surface area contributed by atoms with Crippen LogP contribution < -0.4 is 10.1 Å². The van der Waals surface area contributed by atoms with Gasteiger partial charge in [-0.3, -0.25) is 4.79 Å². The maximum Gasteiger partial charge on any atom is 0.251 e. The van der Waals surface area contributed by atoms with Crippen LogP contribution in [0.3, 0.4) is 0 Å². The fraction of sp³-hybridized carbons (Fsp3) is 0.500. The Morgan fingerprint density at radius 1 is 1.42 bits per heavy atom. The molecule has 19 heavy (non-hydrogen) atoms. The summed E-state index contributed by atoms with van der Waals surface area (Å²) in [6, 6.07) is 5.52. The average molecular weight is 376 g/mol. The minimum atomic E-state index is -0.0631. The third kappa shape index (κ3) is 5.78. The Morgan fingerprint density at radius 2 is 2.11 bits per heavy atom. The number of rotatable bonds is 6. The number of carbonyl (C=O) groups is 1. The zero-order valence-corrected chi connectivity index (χ0v) is 14.0. The molecule has 0 aliphatic rings. The van der Waals surface area contributed by atoms with Crippen molar-refractivity contribution in [3.05, 3.63) is 27.3 Å². The van der Waals surface area contributed by atoms with Crippen molar-refractivity contribution in [1.82, 2.24) is 10.2 Å². The molecule has 0 atom stereocenters. The number of nitrogens with zero attached hydrogens (tertiary/aromatic N) is 1. The highest BCUT2D eigenvalue weighted by atomic mass is 127. The summed E-state index contributed by atoms with van der Waals surface area (Å²) in [5, 5.41) is 2.89. The van der Waals surface area contributed by atoms with Crippen molar-refractivity contribution >= 4 is 28.5 Å². The molecule has 1 rings (SSSR count). The molecule has 1 amide bonds. The molecule has 0 radical (unpaired) electrons. The molecule has 0 unspecified atom stereocenters. The number of amides is 1. The molecule has 0 aliphatic carbocycles. The van der Waals surface area contributed by atoms with Gasteiger partial charge in [0.05, 0.1) is 9.67 Å². The number of likely N-dealkylation sites (N-methyl/N-ethyl adjacent to an activating group) is 1. The molecule has 0 saturated carbocycles. The normalized spacial score (nSPS) is 10.9. The van der Waals surface area contributed by atoms with E-state index >= 15 is 0 Å². The Labute approximate surface area is 128 Å². The molecular formula is C14H21IN2O2. The second-order valence-electron chi connectivity index (χ2n) is 4.87. The summed E-state index contributed by atoms with van der Waals surface area (Å²) in [6.07, 6.45) is 0.0977. The van der Waals surface area contributed by atoms with E-state index in [-0.39, 0.29) is 12.0 Å². The molecule has 5 heteroatoms.